The summed E-state index contributed by atoms with van der Waals surface area (Å²) in [5.41, 5.74) is 0.458. The summed E-state index contributed by atoms with van der Waals surface area (Å²) in [5, 5.41) is 25.1. The van der Waals surface area contributed by atoms with E-state index in [1.807, 2.05) is 6.07 Å². The Hall–Kier alpha value is -2.82. The minimum absolute atomic E-state index is 0.0232. The van der Waals surface area contributed by atoms with Crippen LogP contribution in [0, 0.1) is 5.82 Å². The zero-order valence-electron chi connectivity index (χ0n) is 22.4. The number of anilines is 1. The smallest absolute Gasteiger partial charge is 0.326 e. The Morgan fingerprint density at radius 1 is 1.23 bits per heavy atom. The molecular weight excluding hydrogens is 530 g/mol. The van der Waals surface area contributed by atoms with Gasteiger partial charge in [0.1, 0.15) is 23.8 Å². The fraction of sp³-hybridized carbons (Fsp3) is 0.536. The van der Waals surface area contributed by atoms with Crippen LogP contribution in [-0.4, -0.2) is 76.0 Å². The number of rotatable bonds is 14. The second-order valence-electron chi connectivity index (χ2n) is 10.5. The van der Waals surface area contributed by atoms with Crippen LogP contribution in [0.2, 0.25) is 5.02 Å². The first-order chi connectivity index (χ1) is 18.5. The number of hydrogen-bond acceptors (Lipinski definition) is 6. The predicted molar refractivity (Wildman–Crippen MR) is 147 cm³/mol. The molecular formula is C28H37ClF2N4O4. The molecule has 1 aliphatic rings. The molecule has 1 amide bonds. The molecule has 0 saturated carbocycles. The van der Waals surface area contributed by atoms with E-state index in [1.54, 1.807) is 4.90 Å². The quantitative estimate of drug-likeness (QED) is 0.253. The third-order valence-electron chi connectivity index (χ3n) is 6.83. The van der Waals surface area contributed by atoms with Gasteiger partial charge >= 0.3 is 5.97 Å². The number of hydrogen-bond donors (Lipinski definition) is 4. The standard InChI is InChI=1S/C28H37ClF2N4O4/c1-28(2,39)23(31)17-35(15-4-3-8-19-12-11-18-7-6-14-32-25(18)33-19)16-13-22(27(37)38)34-26(36)20-9-5-10-21(30)24(20)29/h5,9-12,22-23,39H,3-4,6-8,13-17H2,1-2H3,(H,32,33)(H,34,36)(H,37,38). The van der Waals surface area contributed by atoms with Crippen molar-refractivity contribution in [1.29, 1.82) is 0 Å². The number of benzene rings is 1. The Morgan fingerprint density at radius 3 is 2.72 bits per heavy atom. The number of alkyl halides is 1. The van der Waals surface area contributed by atoms with Gasteiger partial charge in [0.05, 0.1) is 16.2 Å². The molecule has 11 heteroatoms. The van der Waals surface area contributed by atoms with E-state index in [-0.39, 0.29) is 25.1 Å². The molecule has 2 atom stereocenters. The molecule has 3 rings (SSSR count). The zero-order chi connectivity index (χ0) is 28.6. The number of aliphatic hydroxyl groups is 1. The van der Waals surface area contributed by atoms with E-state index in [1.165, 1.54) is 31.5 Å². The molecule has 2 unspecified atom stereocenters. The van der Waals surface area contributed by atoms with Crippen molar-refractivity contribution in [2.45, 2.75) is 70.2 Å². The van der Waals surface area contributed by atoms with Gasteiger partial charge in [-0.15, -0.1) is 0 Å². The molecule has 0 spiro atoms. The van der Waals surface area contributed by atoms with Gasteiger partial charge in [0.25, 0.3) is 5.91 Å². The van der Waals surface area contributed by atoms with Crippen LogP contribution in [0.15, 0.2) is 30.3 Å². The minimum atomic E-state index is -1.56. The van der Waals surface area contributed by atoms with Gasteiger partial charge in [0, 0.05) is 25.3 Å². The second kappa shape index (κ2) is 14.0. The molecule has 0 fully saturated rings. The Bertz CT molecular complexity index is 1150. The largest absolute Gasteiger partial charge is 0.480 e. The molecule has 2 heterocycles. The molecule has 0 saturated heterocycles. The Kier molecular flexibility index (Phi) is 11.0. The topological polar surface area (TPSA) is 115 Å². The molecule has 0 bridgehead atoms. The third kappa shape index (κ3) is 9.12. The van der Waals surface area contributed by atoms with E-state index in [9.17, 15) is 28.6 Å². The average molecular weight is 567 g/mol. The summed E-state index contributed by atoms with van der Waals surface area (Å²) in [6, 6.07) is 6.54. The molecule has 1 aliphatic heterocycles. The number of carbonyl (C=O) groups is 2. The highest BCUT2D eigenvalue weighted by Crippen LogP contribution is 2.22. The van der Waals surface area contributed by atoms with E-state index in [0.29, 0.717) is 13.0 Å². The number of nitrogens with zero attached hydrogens (tertiary/aromatic N) is 2. The van der Waals surface area contributed by atoms with Crippen molar-refractivity contribution in [2.24, 2.45) is 0 Å². The lowest BCUT2D eigenvalue weighted by atomic mass is 10.0. The fourth-order valence-electron chi connectivity index (χ4n) is 4.38. The number of carbonyl (C=O) groups excluding carboxylic acids is 1. The van der Waals surface area contributed by atoms with Crippen molar-refractivity contribution in [1.82, 2.24) is 15.2 Å². The van der Waals surface area contributed by atoms with Crippen molar-refractivity contribution < 1.29 is 28.6 Å². The van der Waals surface area contributed by atoms with Crippen LogP contribution >= 0.6 is 11.6 Å². The number of aryl methyl sites for hydroxylation is 2. The first-order valence-electron chi connectivity index (χ1n) is 13.2. The molecule has 39 heavy (non-hydrogen) atoms. The van der Waals surface area contributed by atoms with Crippen LogP contribution in [-0.2, 0) is 17.6 Å². The molecule has 214 valence electrons. The lowest BCUT2D eigenvalue weighted by molar-refractivity contribution is -0.139. The van der Waals surface area contributed by atoms with E-state index in [0.717, 1.165) is 49.8 Å². The van der Waals surface area contributed by atoms with E-state index in [2.05, 4.69) is 16.7 Å². The van der Waals surface area contributed by atoms with Crippen LogP contribution in [0.5, 0.6) is 0 Å². The number of halogens is 3. The maximum Gasteiger partial charge on any atom is 0.326 e. The summed E-state index contributed by atoms with van der Waals surface area (Å²) in [6.45, 7) is 4.21. The first kappa shape index (κ1) is 30.7. The van der Waals surface area contributed by atoms with Crippen molar-refractivity contribution in [3.63, 3.8) is 0 Å². The number of nitrogens with one attached hydrogen (secondary N) is 2. The Balaban J connectivity index is 1.58. The number of amides is 1. The van der Waals surface area contributed by atoms with Gasteiger partial charge in [-0.1, -0.05) is 23.7 Å². The van der Waals surface area contributed by atoms with Gasteiger partial charge in [-0.05, 0) is 82.7 Å². The SMILES string of the molecule is CC(C)(O)C(F)CN(CCCCc1ccc2c(n1)NCCC2)CCC(NC(=O)c1cccc(F)c1Cl)C(=O)O. The number of carboxylic acids is 1. The van der Waals surface area contributed by atoms with Crippen molar-refractivity contribution >= 4 is 29.3 Å². The van der Waals surface area contributed by atoms with Crippen LogP contribution in [0.3, 0.4) is 0 Å². The second-order valence-corrected chi connectivity index (χ2v) is 10.9. The molecule has 4 N–H and O–H groups in total. The van der Waals surface area contributed by atoms with Gasteiger partial charge in [0.15, 0.2) is 0 Å². The summed E-state index contributed by atoms with van der Waals surface area (Å²) < 4.78 is 28.5. The monoisotopic (exact) mass is 566 g/mol. The number of pyridine rings is 1. The summed E-state index contributed by atoms with van der Waals surface area (Å²) in [6.07, 6.45) is 2.76. The number of carboxylic acid groups (broad SMARTS) is 1. The van der Waals surface area contributed by atoms with Crippen molar-refractivity contribution in [3.05, 3.63) is 58.0 Å². The van der Waals surface area contributed by atoms with E-state index >= 15 is 0 Å². The molecule has 0 aliphatic carbocycles. The number of fused-ring (bicyclic) bond motifs is 1. The maximum absolute atomic E-state index is 14.7. The highest BCUT2D eigenvalue weighted by molar-refractivity contribution is 6.34. The van der Waals surface area contributed by atoms with Gasteiger partial charge < -0.3 is 25.7 Å². The molecule has 1 aromatic carbocycles. The third-order valence-corrected chi connectivity index (χ3v) is 7.21. The summed E-state index contributed by atoms with van der Waals surface area (Å²) >= 11 is 5.86. The van der Waals surface area contributed by atoms with Gasteiger partial charge in [-0.3, -0.25) is 4.79 Å². The predicted octanol–water partition coefficient (Wildman–Crippen LogP) is 4.24. The number of aromatic nitrogens is 1. The van der Waals surface area contributed by atoms with Gasteiger partial charge in [-0.2, -0.15) is 0 Å². The molecule has 0 radical (unpaired) electrons. The van der Waals surface area contributed by atoms with Crippen molar-refractivity contribution in [2.75, 3.05) is 31.5 Å². The number of aliphatic carboxylic acids is 1. The van der Waals surface area contributed by atoms with E-state index < -0.39 is 40.5 Å². The highest BCUT2D eigenvalue weighted by atomic mass is 35.5. The van der Waals surface area contributed by atoms with Crippen LogP contribution < -0.4 is 10.6 Å². The highest BCUT2D eigenvalue weighted by Gasteiger charge is 2.29. The Morgan fingerprint density at radius 2 is 2.00 bits per heavy atom. The van der Waals surface area contributed by atoms with Gasteiger partial charge in [-0.25, -0.2) is 18.6 Å². The summed E-state index contributed by atoms with van der Waals surface area (Å²) in [5.74, 6) is -1.94. The van der Waals surface area contributed by atoms with Crippen LogP contribution in [0.1, 0.15) is 61.1 Å². The average Bonchev–Trinajstić information content (AvgIpc) is 2.89. The normalized spacial score (nSPS) is 14.8. The van der Waals surface area contributed by atoms with Gasteiger partial charge in [0.2, 0.25) is 0 Å². The van der Waals surface area contributed by atoms with Crippen LogP contribution in [0.4, 0.5) is 14.6 Å². The zero-order valence-corrected chi connectivity index (χ0v) is 23.1. The molecule has 1 aromatic heterocycles. The lowest BCUT2D eigenvalue weighted by Gasteiger charge is -2.30. The maximum atomic E-state index is 14.7. The van der Waals surface area contributed by atoms with E-state index in [4.69, 9.17) is 16.6 Å². The molecule has 8 nitrogen and oxygen atoms in total. The first-order valence-corrected chi connectivity index (χ1v) is 13.6. The van der Waals surface area contributed by atoms with Crippen molar-refractivity contribution in [3.8, 4) is 0 Å². The van der Waals surface area contributed by atoms with Crippen LogP contribution in [0.25, 0.3) is 0 Å². The molecule has 2 aromatic rings. The summed E-state index contributed by atoms with van der Waals surface area (Å²) in [4.78, 5) is 30.9. The lowest BCUT2D eigenvalue weighted by Crippen LogP contribution is -2.46. The minimum Gasteiger partial charge on any atom is -0.480 e. The fourth-order valence-corrected chi connectivity index (χ4v) is 4.59. The number of unbranched alkanes of at least 4 members (excludes halogenated alkanes) is 1. The summed E-state index contributed by atoms with van der Waals surface area (Å²) in [7, 11) is 0. The Labute approximate surface area is 232 Å².